The van der Waals surface area contributed by atoms with Crippen LogP contribution >= 0.6 is 12.4 Å². The van der Waals surface area contributed by atoms with Crippen LogP contribution in [-0.2, 0) is 4.74 Å². The molecule has 0 spiro atoms. The highest BCUT2D eigenvalue weighted by Gasteiger charge is 2.05. The van der Waals surface area contributed by atoms with Gasteiger partial charge in [0, 0.05) is 0 Å². The summed E-state index contributed by atoms with van der Waals surface area (Å²) >= 11 is 0. The molecule has 0 fully saturated rings. The van der Waals surface area contributed by atoms with E-state index in [1.807, 2.05) is 0 Å². The molecular formula is C10H23ClO. The quantitative estimate of drug-likeness (QED) is 0.625. The predicted molar refractivity (Wildman–Crippen MR) is 57.1 cm³/mol. The fourth-order valence-corrected chi connectivity index (χ4v) is 1.35. The highest BCUT2D eigenvalue weighted by atomic mass is 35.5. The van der Waals surface area contributed by atoms with Gasteiger partial charge in [0.15, 0.2) is 0 Å². The number of hydrogen-bond acceptors (Lipinski definition) is 1. The van der Waals surface area contributed by atoms with Gasteiger partial charge in [0.05, 0.1) is 12.2 Å². The fraction of sp³-hybridized carbons (Fsp3) is 1.00. The minimum absolute atomic E-state index is 0. The molecule has 1 nitrogen and oxygen atoms in total. The molecule has 0 bridgehead atoms. The summed E-state index contributed by atoms with van der Waals surface area (Å²) in [6, 6.07) is 0. The van der Waals surface area contributed by atoms with Crippen molar-refractivity contribution in [2.45, 2.75) is 65.6 Å². The Kier molecular flexibility index (Phi) is 11.5. The van der Waals surface area contributed by atoms with Crippen molar-refractivity contribution in [3.05, 3.63) is 0 Å². The molecule has 0 radical (unpaired) electrons. The lowest BCUT2D eigenvalue weighted by Crippen LogP contribution is -2.16. The van der Waals surface area contributed by atoms with E-state index in [4.69, 9.17) is 4.74 Å². The van der Waals surface area contributed by atoms with Crippen LogP contribution in [-0.4, -0.2) is 12.2 Å². The van der Waals surface area contributed by atoms with Crippen LogP contribution in [0.1, 0.15) is 53.4 Å². The zero-order valence-electron chi connectivity index (χ0n) is 8.80. The first-order valence-electron chi connectivity index (χ1n) is 4.86. The molecule has 0 N–H and O–H groups in total. The Bertz CT molecular complexity index is 75.9. The van der Waals surface area contributed by atoms with Gasteiger partial charge in [-0.3, -0.25) is 0 Å². The molecule has 0 saturated heterocycles. The maximum Gasteiger partial charge on any atom is 0.0550 e. The second kappa shape index (κ2) is 9.34. The molecule has 0 aromatic rings. The summed E-state index contributed by atoms with van der Waals surface area (Å²) in [5.74, 6) is 0. The largest absolute Gasteiger partial charge is 0.376 e. The zero-order chi connectivity index (χ0) is 8.69. The van der Waals surface area contributed by atoms with Crippen LogP contribution < -0.4 is 0 Å². The van der Waals surface area contributed by atoms with Crippen LogP contribution in [0, 0.1) is 0 Å². The fourth-order valence-electron chi connectivity index (χ4n) is 1.35. The minimum Gasteiger partial charge on any atom is -0.376 e. The van der Waals surface area contributed by atoms with E-state index in [2.05, 4.69) is 27.7 Å². The van der Waals surface area contributed by atoms with E-state index >= 15 is 0 Å². The van der Waals surface area contributed by atoms with Crippen molar-refractivity contribution < 1.29 is 4.74 Å². The first-order valence-corrected chi connectivity index (χ1v) is 4.86. The van der Waals surface area contributed by atoms with Gasteiger partial charge in [0.25, 0.3) is 0 Å². The first-order chi connectivity index (χ1) is 5.20. The average molecular weight is 195 g/mol. The summed E-state index contributed by atoms with van der Waals surface area (Å²) in [5.41, 5.74) is 0. The average Bonchev–Trinajstić information content (AvgIpc) is 1.87. The Morgan fingerprint density at radius 3 is 1.50 bits per heavy atom. The van der Waals surface area contributed by atoms with E-state index in [0.717, 1.165) is 0 Å². The second-order valence-electron chi connectivity index (χ2n) is 3.33. The van der Waals surface area contributed by atoms with Gasteiger partial charge in [-0.2, -0.15) is 0 Å². The van der Waals surface area contributed by atoms with Crippen LogP contribution in [0.4, 0.5) is 0 Å². The Morgan fingerprint density at radius 2 is 1.25 bits per heavy atom. The van der Waals surface area contributed by atoms with Gasteiger partial charge in [-0.05, 0) is 26.7 Å². The molecule has 0 aromatic carbocycles. The summed E-state index contributed by atoms with van der Waals surface area (Å²) in [4.78, 5) is 0. The number of halogens is 1. The van der Waals surface area contributed by atoms with Crippen molar-refractivity contribution in [1.29, 1.82) is 0 Å². The Labute approximate surface area is 83.3 Å². The number of hydrogen-bond donors (Lipinski definition) is 0. The van der Waals surface area contributed by atoms with Crippen molar-refractivity contribution in [2.75, 3.05) is 0 Å². The standard InChI is InChI=1S/C10H22O.ClH/c1-5-7-9(3)11-10(4)8-6-2;/h9-10H,5-8H2,1-4H3;1H. The van der Waals surface area contributed by atoms with E-state index in [1.54, 1.807) is 0 Å². The molecule has 0 aliphatic rings. The lowest BCUT2D eigenvalue weighted by molar-refractivity contribution is -0.000490. The van der Waals surface area contributed by atoms with Gasteiger partial charge in [0.1, 0.15) is 0 Å². The van der Waals surface area contributed by atoms with Crippen LogP contribution in [0.25, 0.3) is 0 Å². The van der Waals surface area contributed by atoms with Crippen molar-refractivity contribution in [3.63, 3.8) is 0 Å². The van der Waals surface area contributed by atoms with Gasteiger partial charge in [-0.1, -0.05) is 26.7 Å². The monoisotopic (exact) mass is 194 g/mol. The number of ether oxygens (including phenoxy) is 1. The third-order valence-electron chi connectivity index (χ3n) is 1.86. The Morgan fingerprint density at radius 1 is 0.917 bits per heavy atom. The van der Waals surface area contributed by atoms with Gasteiger partial charge < -0.3 is 4.74 Å². The molecule has 76 valence electrons. The number of rotatable bonds is 6. The topological polar surface area (TPSA) is 9.23 Å². The van der Waals surface area contributed by atoms with Crippen molar-refractivity contribution in [1.82, 2.24) is 0 Å². The highest BCUT2D eigenvalue weighted by molar-refractivity contribution is 5.85. The molecule has 0 saturated carbocycles. The second-order valence-corrected chi connectivity index (χ2v) is 3.33. The summed E-state index contributed by atoms with van der Waals surface area (Å²) in [6.07, 6.45) is 5.71. The van der Waals surface area contributed by atoms with Crippen molar-refractivity contribution in [2.24, 2.45) is 0 Å². The van der Waals surface area contributed by atoms with Crippen molar-refractivity contribution in [3.8, 4) is 0 Å². The van der Waals surface area contributed by atoms with E-state index in [-0.39, 0.29) is 12.4 Å². The molecule has 0 rings (SSSR count). The van der Waals surface area contributed by atoms with E-state index < -0.39 is 0 Å². The molecule has 0 aliphatic carbocycles. The molecule has 12 heavy (non-hydrogen) atoms. The summed E-state index contributed by atoms with van der Waals surface area (Å²) in [7, 11) is 0. The van der Waals surface area contributed by atoms with Crippen LogP contribution in [0.5, 0.6) is 0 Å². The summed E-state index contributed by atoms with van der Waals surface area (Å²) in [6.45, 7) is 8.72. The third-order valence-corrected chi connectivity index (χ3v) is 1.86. The summed E-state index contributed by atoms with van der Waals surface area (Å²) < 4.78 is 5.73. The molecule has 2 heteroatoms. The van der Waals surface area contributed by atoms with Crippen LogP contribution in [0.2, 0.25) is 0 Å². The van der Waals surface area contributed by atoms with Gasteiger partial charge in [-0.15, -0.1) is 12.4 Å². The van der Waals surface area contributed by atoms with E-state index in [1.165, 1.54) is 25.7 Å². The Balaban J connectivity index is 0. The van der Waals surface area contributed by atoms with E-state index in [0.29, 0.717) is 12.2 Å². The minimum atomic E-state index is 0. The van der Waals surface area contributed by atoms with E-state index in [9.17, 15) is 0 Å². The van der Waals surface area contributed by atoms with Crippen LogP contribution in [0.3, 0.4) is 0 Å². The lowest BCUT2D eigenvalue weighted by atomic mass is 10.2. The van der Waals surface area contributed by atoms with Crippen molar-refractivity contribution >= 4 is 12.4 Å². The van der Waals surface area contributed by atoms with Gasteiger partial charge >= 0.3 is 0 Å². The molecule has 2 atom stereocenters. The molecule has 0 amide bonds. The third kappa shape index (κ3) is 8.35. The van der Waals surface area contributed by atoms with Crippen LogP contribution in [0.15, 0.2) is 0 Å². The molecule has 0 aliphatic heterocycles. The smallest absolute Gasteiger partial charge is 0.0550 e. The zero-order valence-corrected chi connectivity index (χ0v) is 9.62. The lowest BCUT2D eigenvalue weighted by Gasteiger charge is -2.17. The summed E-state index contributed by atoms with van der Waals surface area (Å²) in [5, 5.41) is 0. The molecule has 0 heterocycles. The van der Waals surface area contributed by atoms with Gasteiger partial charge in [0.2, 0.25) is 0 Å². The Hall–Kier alpha value is 0.250. The maximum atomic E-state index is 5.73. The predicted octanol–water partition coefficient (Wildman–Crippen LogP) is 3.80. The molecule has 0 aromatic heterocycles. The first kappa shape index (κ1) is 14.8. The SMILES string of the molecule is CCCC(C)OC(C)CCC.Cl. The van der Waals surface area contributed by atoms with Gasteiger partial charge in [-0.25, -0.2) is 0 Å². The molecule has 2 unspecified atom stereocenters. The normalized spacial score (nSPS) is 15.0. The molecular weight excluding hydrogens is 172 g/mol. The maximum absolute atomic E-state index is 5.73. The highest BCUT2D eigenvalue weighted by Crippen LogP contribution is 2.08.